The molecule has 13 nitrogen and oxygen atoms in total. The number of hydrogen-bond acceptors (Lipinski definition) is 8. The van der Waals surface area contributed by atoms with Gasteiger partial charge in [0.15, 0.2) is 11.3 Å². The summed E-state index contributed by atoms with van der Waals surface area (Å²) in [6.45, 7) is 3.88. The molecule has 3 aromatic heterocycles. The zero-order chi connectivity index (χ0) is 23.9. The van der Waals surface area contributed by atoms with Gasteiger partial charge in [-0.25, -0.2) is 9.50 Å². The summed E-state index contributed by atoms with van der Waals surface area (Å²) in [5, 5.41) is 33.8. The molecule has 1 aromatic carbocycles. The lowest BCUT2D eigenvalue weighted by Crippen LogP contribution is -2.13. The highest BCUT2D eigenvalue weighted by atomic mass is 79.9. The number of aromatic nitrogens is 5. The van der Waals surface area contributed by atoms with Crippen LogP contribution in [0.4, 0.5) is 17.1 Å². The van der Waals surface area contributed by atoms with Crippen molar-refractivity contribution in [1.82, 2.24) is 24.4 Å². The van der Waals surface area contributed by atoms with E-state index in [1.54, 1.807) is 16.9 Å². The number of nitro benzene ring substituents is 2. The molecule has 0 unspecified atom stereocenters. The van der Waals surface area contributed by atoms with E-state index in [4.69, 9.17) is 0 Å². The summed E-state index contributed by atoms with van der Waals surface area (Å²) in [6.07, 6.45) is 3.37. The minimum atomic E-state index is -0.744. The SMILES string of the molecule is CCn1cc(Br)c(-c2ccnc3cc(C(=O)Nc4cc([N+](=O)[O-])c(C)c([N+](=O)[O-])c4)nn23)n1. The molecule has 14 heteroatoms. The maximum absolute atomic E-state index is 12.8. The molecule has 1 amide bonds. The number of aryl methyl sites for hydroxylation is 1. The van der Waals surface area contributed by atoms with Crippen molar-refractivity contribution in [2.75, 3.05) is 5.32 Å². The maximum Gasteiger partial charge on any atom is 0.281 e. The van der Waals surface area contributed by atoms with Crippen molar-refractivity contribution in [3.63, 3.8) is 0 Å². The van der Waals surface area contributed by atoms with Gasteiger partial charge in [-0.2, -0.15) is 10.2 Å². The van der Waals surface area contributed by atoms with E-state index in [1.807, 2.05) is 13.1 Å². The summed E-state index contributed by atoms with van der Waals surface area (Å²) in [6, 6.07) is 5.25. The van der Waals surface area contributed by atoms with Crippen molar-refractivity contribution in [3.8, 4) is 11.4 Å². The molecular weight excluding hydrogens is 500 g/mol. The smallest absolute Gasteiger partial charge is 0.281 e. The summed E-state index contributed by atoms with van der Waals surface area (Å²) in [7, 11) is 0. The molecule has 0 aliphatic heterocycles. The molecule has 0 saturated carbocycles. The molecule has 4 rings (SSSR count). The first-order valence-corrected chi connectivity index (χ1v) is 10.3. The number of halogens is 1. The van der Waals surface area contributed by atoms with E-state index in [-0.39, 0.29) is 16.9 Å². The Bertz CT molecular complexity index is 1410. The molecule has 0 bridgehead atoms. The summed E-state index contributed by atoms with van der Waals surface area (Å²) >= 11 is 3.47. The highest BCUT2D eigenvalue weighted by molar-refractivity contribution is 9.10. The van der Waals surface area contributed by atoms with Crippen LogP contribution in [-0.4, -0.2) is 40.1 Å². The van der Waals surface area contributed by atoms with Gasteiger partial charge < -0.3 is 5.32 Å². The van der Waals surface area contributed by atoms with Gasteiger partial charge in [0, 0.05) is 37.1 Å². The van der Waals surface area contributed by atoms with Crippen molar-refractivity contribution in [2.24, 2.45) is 0 Å². The zero-order valence-electron chi connectivity index (χ0n) is 17.2. The molecule has 0 fully saturated rings. The second-order valence-electron chi connectivity index (χ2n) is 6.92. The first kappa shape index (κ1) is 22.0. The average molecular weight is 515 g/mol. The van der Waals surface area contributed by atoms with E-state index in [0.717, 1.165) is 16.6 Å². The van der Waals surface area contributed by atoms with Crippen molar-refractivity contribution >= 4 is 44.5 Å². The highest BCUT2D eigenvalue weighted by Gasteiger charge is 2.25. The number of carbonyl (C=O) groups excluding carboxylic acids is 1. The molecule has 0 radical (unpaired) electrons. The number of benzene rings is 1. The van der Waals surface area contributed by atoms with Crippen molar-refractivity contribution < 1.29 is 14.6 Å². The lowest BCUT2D eigenvalue weighted by molar-refractivity contribution is -0.395. The number of nitro groups is 2. The molecule has 1 N–H and O–H groups in total. The Labute approximate surface area is 193 Å². The number of nitrogens with one attached hydrogen (secondary N) is 1. The molecule has 0 saturated heterocycles. The van der Waals surface area contributed by atoms with Crippen LogP contribution in [-0.2, 0) is 6.54 Å². The van der Waals surface area contributed by atoms with Gasteiger partial charge in [-0.15, -0.1) is 0 Å². The minimum absolute atomic E-state index is 0.0353. The van der Waals surface area contributed by atoms with Crippen LogP contribution >= 0.6 is 15.9 Å². The van der Waals surface area contributed by atoms with E-state index < -0.39 is 27.1 Å². The third-order valence-corrected chi connectivity index (χ3v) is 5.46. The Kier molecular flexibility index (Phi) is 5.59. The van der Waals surface area contributed by atoms with E-state index in [9.17, 15) is 25.0 Å². The van der Waals surface area contributed by atoms with Gasteiger partial charge >= 0.3 is 0 Å². The number of hydrogen-bond donors (Lipinski definition) is 1. The summed E-state index contributed by atoms with van der Waals surface area (Å²) in [5.74, 6) is -0.711. The number of nitrogens with zero attached hydrogens (tertiary/aromatic N) is 7. The van der Waals surface area contributed by atoms with Crippen molar-refractivity contribution in [3.05, 3.63) is 72.6 Å². The number of carbonyl (C=O) groups is 1. The van der Waals surface area contributed by atoms with Crippen LogP contribution in [0, 0.1) is 27.2 Å². The van der Waals surface area contributed by atoms with Crippen LogP contribution in [0.15, 0.2) is 41.1 Å². The highest BCUT2D eigenvalue weighted by Crippen LogP contribution is 2.32. The predicted molar refractivity (Wildman–Crippen MR) is 120 cm³/mol. The molecule has 0 aliphatic rings. The molecule has 0 atom stereocenters. The van der Waals surface area contributed by atoms with Crippen molar-refractivity contribution in [1.29, 1.82) is 0 Å². The maximum atomic E-state index is 12.8. The fourth-order valence-corrected chi connectivity index (χ4v) is 3.77. The average Bonchev–Trinajstić information content (AvgIpc) is 3.37. The number of fused-ring (bicyclic) bond motifs is 1. The van der Waals surface area contributed by atoms with E-state index in [1.165, 1.54) is 17.5 Å². The Morgan fingerprint density at radius 1 is 1.15 bits per heavy atom. The molecule has 4 aromatic rings. The van der Waals surface area contributed by atoms with Gasteiger partial charge in [-0.1, -0.05) is 0 Å². The molecular formula is C19H15BrN8O5. The minimum Gasteiger partial charge on any atom is -0.320 e. The van der Waals surface area contributed by atoms with Crippen LogP contribution in [0.3, 0.4) is 0 Å². The van der Waals surface area contributed by atoms with Crippen LogP contribution in [0.1, 0.15) is 23.0 Å². The van der Waals surface area contributed by atoms with Gasteiger partial charge in [0.2, 0.25) is 0 Å². The second kappa shape index (κ2) is 8.38. The molecule has 0 spiro atoms. The first-order valence-electron chi connectivity index (χ1n) is 9.52. The summed E-state index contributed by atoms with van der Waals surface area (Å²) < 4.78 is 3.92. The lowest BCUT2D eigenvalue weighted by Gasteiger charge is -2.06. The summed E-state index contributed by atoms with van der Waals surface area (Å²) in [5.41, 5.74) is 0.358. The largest absolute Gasteiger partial charge is 0.320 e. The Balaban J connectivity index is 1.72. The lowest BCUT2D eigenvalue weighted by atomic mass is 10.1. The molecule has 0 aliphatic carbocycles. The van der Waals surface area contributed by atoms with Gasteiger partial charge in [-0.3, -0.25) is 29.7 Å². The second-order valence-corrected chi connectivity index (χ2v) is 7.77. The van der Waals surface area contributed by atoms with Crippen LogP contribution in [0.5, 0.6) is 0 Å². The Hall–Kier alpha value is -4.20. The van der Waals surface area contributed by atoms with Gasteiger partial charge in [0.1, 0.15) is 11.3 Å². The van der Waals surface area contributed by atoms with Gasteiger partial charge in [0.05, 0.1) is 25.7 Å². The molecule has 3 heterocycles. The first-order chi connectivity index (χ1) is 15.7. The quantitative estimate of drug-likeness (QED) is 0.300. The topological polar surface area (TPSA) is 163 Å². The van der Waals surface area contributed by atoms with E-state index >= 15 is 0 Å². The van der Waals surface area contributed by atoms with Crippen molar-refractivity contribution in [2.45, 2.75) is 20.4 Å². The van der Waals surface area contributed by atoms with Gasteiger partial charge in [-0.05, 0) is 35.8 Å². The van der Waals surface area contributed by atoms with Crippen LogP contribution < -0.4 is 5.32 Å². The fourth-order valence-electron chi connectivity index (χ4n) is 3.25. The molecule has 168 valence electrons. The number of anilines is 1. The zero-order valence-corrected chi connectivity index (χ0v) is 18.8. The fraction of sp³-hybridized carbons (Fsp3) is 0.158. The standard InChI is InChI=1S/C19H15BrN8O5/c1-3-25-9-12(20)18(24-25)14-4-5-21-17-8-13(23-26(14)17)19(29)22-11-6-15(27(30)31)10(2)16(7-11)28(32)33/h4-9H,3H2,1-2H3,(H,22,29). The van der Waals surface area contributed by atoms with E-state index in [0.29, 0.717) is 23.6 Å². The Morgan fingerprint density at radius 3 is 2.39 bits per heavy atom. The monoisotopic (exact) mass is 514 g/mol. The van der Waals surface area contributed by atoms with Crippen LogP contribution in [0.25, 0.3) is 17.0 Å². The van der Waals surface area contributed by atoms with Crippen LogP contribution in [0.2, 0.25) is 0 Å². The summed E-state index contributed by atoms with van der Waals surface area (Å²) in [4.78, 5) is 38.1. The Morgan fingerprint density at radius 2 is 1.82 bits per heavy atom. The third-order valence-electron chi connectivity index (χ3n) is 4.88. The molecule has 33 heavy (non-hydrogen) atoms. The normalized spacial score (nSPS) is 11.0. The van der Waals surface area contributed by atoms with E-state index in [2.05, 4.69) is 36.4 Å². The van der Waals surface area contributed by atoms with Gasteiger partial charge in [0.25, 0.3) is 17.3 Å². The number of amides is 1. The third kappa shape index (κ3) is 4.03. The predicted octanol–water partition coefficient (Wildman–Crippen LogP) is 3.75. The number of rotatable bonds is 6.